The van der Waals surface area contributed by atoms with Gasteiger partial charge in [0.2, 0.25) is 10.0 Å². The van der Waals surface area contributed by atoms with E-state index in [1.54, 1.807) is 7.05 Å². The van der Waals surface area contributed by atoms with Crippen molar-refractivity contribution in [1.29, 1.82) is 0 Å². The summed E-state index contributed by atoms with van der Waals surface area (Å²) in [7, 11) is -1.41. The molecule has 0 aliphatic carbocycles. The first-order valence-electron chi connectivity index (χ1n) is 9.36. The second kappa shape index (κ2) is 10.6. The molecule has 28 heavy (non-hydrogen) atoms. The summed E-state index contributed by atoms with van der Waals surface area (Å²) >= 11 is 0. The molecule has 0 radical (unpaired) electrons. The Balaban J connectivity index is 0.00000392. The second-order valence-corrected chi connectivity index (χ2v) is 9.39. The van der Waals surface area contributed by atoms with Gasteiger partial charge in [-0.1, -0.05) is 25.1 Å². The van der Waals surface area contributed by atoms with Gasteiger partial charge in [-0.3, -0.25) is 4.99 Å². The molecule has 0 amide bonds. The third kappa shape index (κ3) is 7.07. The number of sulfonamides is 1. The van der Waals surface area contributed by atoms with Gasteiger partial charge in [0.05, 0.1) is 12.3 Å². The number of nitrogens with one attached hydrogen (secondary N) is 2. The van der Waals surface area contributed by atoms with Gasteiger partial charge < -0.3 is 15.4 Å². The number of nitrogens with zero attached hydrogens (tertiary/aromatic N) is 2. The van der Waals surface area contributed by atoms with E-state index in [0.29, 0.717) is 32.0 Å². The molecule has 1 atom stereocenters. The van der Waals surface area contributed by atoms with Crippen LogP contribution in [-0.4, -0.2) is 57.2 Å². The lowest BCUT2D eigenvalue weighted by atomic mass is 9.90. The number of benzene rings is 1. The van der Waals surface area contributed by atoms with Gasteiger partial charge in [-0.25, -0.2) is 12.7 Å². The quantitative estimate of drug-likeness (QED) is 0.248. The Morgan fingerprint density at radius 3 is 2.64 bits per heavy atom. The maximum Gasteiger partial charge on any atom is 0.211 e. The van der Waals surface area contributed by atoms with E-state index in [1.165, 1.54) is 10.6 Å². The lowest BCUT2D eigenvalue weighted by Crippen LogP contribution is -2.45. The van der Waals surface area contributed by atoms with E-state index >= 15 is 0 Å². The van der Waals surface area contributed by atoms with Gasteiger partial charge in [0, 0.05) is 38.7 Å². The minimum absolute atomic E-state index is 0. The molecule has 0 fully saturated rings. The summed E-state index contributed by atoms with van der Waals surface area (Å²) in [5, 5.41) is 6.76. The predicted molar refractivity (Wildman–Crippen MR) is 125 cm³/mol. The fraction of sp³-hybridized carbons (Fsp3) is 0.632. The van der Waals surface area contributed by atoms with E-state index in [4.69, 9.17) is 4.74 Å². The molecule has 2 rings (SSSR count). The lowest BCUT2D eigenvalue weighted by molar-refractivity contribution is 0.0694. The number of hydrogen-bond donors (Lipinski definition) is 2. The highest BCUT2D eigenvalue weighted by molar-refractivity contribution is 14.0. The molecule has 0 aromatic heterocycles. The largest absolute Gasteiger partial charge is 0.487 e. The monoisotopic (exact) mass is 524 g/mol. The first kappa shape index (κ1) is 25.0. The van der Waals surface area contributed by atoms with Crippen molar-refractivity contribution in [1.82, 2.24) is 14.9 Å². The summed E-state index contributed by atoms with van der Waals surface area (Å²) in [6.07, 6.45) is 2.77. The van der Waals surface area contributed by atoms with Crippen LogP contribution in [0.15, 0.2) is 29.3 Å². The van der Waals surface area contributed by atoms with Crippen molar-refractivity contribution in [2.45, 2.75) is 45.3 Å². The van der Waals surface area contributed by atoms with E-state index in [2.05, 4.69) is 35.5 Å². The standard InChI is InChI=1S/C19H32N4O3S.HI/c1-6-23(27(5,24)25)13-9-12-21-18(20-4)22-16-14-19(2,3)26-17-11-8-7-10-15(16)17;/h7-8,10-11,16H,6,9,12-14H2,1-5H3,(H2,20,21,22);1H. The minimum atomic E-state index is -3.14. The maximum absolute atomic E-state index is 11.6. The summed E-state index contributed by atoms with van der Waals surface area (Å²) in [6.45, 7) is 7.63. The molecule has 1 aromatic carbocycles. The highest BCUT2D eigenvalue weighted by Gasteiger charge is 2.33. The van der Waals surface area contributed by atoms with E-state index in [1.807, 2.05) is 25.1 Å². The van der Waals surface area contributed by atoms with Crippen LogP contribution in [-0.2, 0) is 10.0 Å². The molecule has 0 spiro atoms. The van der Waals surface area contributed by atoms with E-state index < -0.39 is 10.0 Å². The summed E-state index contributed by atoms with van der Waals surface area (Å²) in [5.41, 5.74) is 0.858. The predicted octanol–water partition coefficient (Wildman–Crippen LogP) is 2.74. The van der Waals surface area contributed by atoms with Gasteiger partial charge in [-0.15, -0.1) is 24.0 Å². The Bertz CT molecular complexity index is 768. The first-order valence-corrected chi connectivity index (χ1v) is 11.2. The van der Waals surface area contributed by atoms with Crippen LogP contribution in [0, 0.1) is 0 Å². The Hall–Kier alpha value is -1.07. The third-order valence-electron chi connectivity index (χ3n) is 4.61. The van der Waals surface area contributed by atoms with Gasteiger partial charge in [-0.2, -0.15) is 0 Å². The van der Waals surface area contributed by atoms with E-state index in [0.717, 1.165) is 17.7 Å². The highest BCUT2D eigenvalue weighted by atomic mass is 127. The Morgan fingerprint density at radius 1 is 1.36 bits per heavy atom. The number of aliphatic imine (C=N–C) groups is 1. The van der Waals surface area contributed by atoms with Crippen LogP contribution >= 0.6 is 24.0 Å². The van der Waals surface area contributed by atoms with E-state index in [9.17, 15) is 8.42 Å². The first-order chi connectivity index (χ1) is 12.7. The minimum Gasteiger partial charge on any atom is -0.487 e. The molecule has 160 valence electrons. The summed E-state index contributed by atoms with van der Waals surface area (Å²) in [6, 6.07) is 8.15. The van der Waals surface area contributed by atoms with Gasteiger partial charge >= 0.3 is 0 Å². The van der Waals surface area contributed by atoms with Crippen LogP contribution in [0.4, 0.5) is 0 Å². The summed E-state index contributed by atoms with van der Waals surface area (Å²) < 4.78 is 30.8. The number of rotatable bonds is 7. The van der Waals surface area contributed by atoms with Crippen LogP contribution < -0.4 is 15.4 Å². The van der Waals surface area contributed by atoms with Crippen LogP contribution in [0.5, 0.6) is 5.75 Å². The van der Waals surface area contributed by atoms with Crippen LogP contribution in [0.25, 0.3) is 0 Å². The van der Waals surface area contributed by atoms with Crippen molar-refractivity contribution in [3.05, 3.63) is 29.8 Å². The van der Waals surface area contributed by atoms with Crippen molar-refractivity contribution >= 4 is 40.0 Å². The maximum atomic E-state index is 11.6. The van der Waals surface area contributed by atoms with Crippen molar-refractivity contribution in [2.75, 3.05) is 32.9 Å². The molecule has 1 aliphatic rings. The molecule has 1 aliphatic heterocycles. The molecular formula is C19H33IN4O3S. The molecule has 2 N–H and O–H groups in total. The highest BCUT2D eigenvalue weighted by Crippen LogP contribution is 2.39. The number of hydrogen-bond acceptors (Lipinski definition) is 4. The van der Waals surface area contributed by atoms with Gasteiger partial charge in [0.25, 0.3) is 0 Å². The fourth-order valence-electron chi connectivity index (χ4n) is 3.31. The molecule has 9 heteroatoms. The van der Waals surface area contributed by atoms with Crippen molar-refractivity contribution in [3.63, 3.8) is 0 Å². The number of ether oxygens (including phenoxy) is 1. The molecule has 0 bridgehead atoms. The molecular weight excluding hydrogens is 491 g/mol. The fourth-order valence-corrected chi connectivity index (χ4v) is 4.24. The number of para-hydroxylation sites is 1. The van der Waals surface area contributed by atoms with Gasteiger partial charge in [0.15, 0.2) is 5.96 Å². The van der Waals surface area contributed by atoms with Crippen molar-refractivity contribution in [3.8, 4) is 5.75 Å². The Labute approximate surface area is 186 Å². The third-order valence-corrected chi connectivity index (χ3v) is 5.99. The average molecular weight is 524 g/mol. The normalized spacial score (nSPS) is 18.6. The molecule has 0 saturated carbocycles. The summed E-state index contributed by atoms with van der Waals surface area (Å²) in [5.74, 6) is 1.60. The number of halogens is 1. The van der Waals surface area contributed by atoms with Crippen LogP contribution in [0.3, 0.4) is 0 Å². The van der Waals surface area contributed by atoms with Crippen molar-refractivity contribution < 1.29 is 13.2 Å². The SMILES string of the molecule is CCN(CCCNC(=NC)NC1CC(C)(C)Oc2ccccc21)S(C)(=O)=O.I. The molecule has 1 heterocycles. The number of fused-ring (bicyclic) bond motifs is 1. The Kier molecular flexibility index (Phi) is 9.48. The summed E-state index contributed by atoms with van der Waals surface area (Å²) in [4.78, 5) is 4.31. The Morgan fingerprint density at radius 2 is 2.04 bits per heavy atom. The van der Waals surface area contributed by atoms with Gasteiger partial charge in [0.1, 0.15) is 11.4 Å². The molecule has 7 nitrogen and oxygen atoms in total. The number of guanidine groups is 1. The van der Waals surface area contributed by atoms with Crippen LogP contribution in [0.1, 0.15) is 45.2 Å². The lowest BCUT2D eigenvalue weighted by Gasteiger charge is -2.38. The molecule has 0 saturated heterocycles. The second-order valence-electron chi connectivity index (χ2n) is 7.41. The zero-order valence-electron chi connectivity index (χ0n) is 17.4. The topological polar surface area (TPSA) is 83.0 Å². The zero-order chi connectivity index (χ0) is 20.1. The van der Waals surface area contributed by atoms with Crippen molar-refractivity contribution in [2.24, 2.45) is 4.99 Å². The molecule has 1 unspecified atom stereocenters. The smallest absolute Gasteiger partial charge is 0.211 e. The van der Waals surface area contributed by atoms with E-state index in [-0.39, 0.29) is 35.6 Å². The molecule has 1 aromatic rings. The van der Waals surface area contributed by atoms with Crippen LogP contribution in [0.2, 0.25) is 0 Å². The van der Waals surface area contributed by atoms with Gasteiger partial charge in [-0.05, 0) is 26.3 Å². The average Bonchev–Trinajstić information content (AvgIpc) is 2.58. The zero-order valence-corrected chi connectivity index (χ0v) is 20.5.